The van der Waals surface area contributed by atoms with Crippen LogP contribution >= 0.6 is 0 Å². The molecule has 3 aromatic carbocycles. The van der Waals surface area contributed by atoms with Crippen LogP contribution in [0.5, 0.6) is 5.75 Å². The van der Waals surface area contributed by atoms with E-state index in [2.05, 4.69) is 20.1 Å². The molecule has 15 nitrogen and oxygen atoms in total. The molecule has 0 spiro atoms. The van der Waals surface area contributed by atoms with Gasteiger partial charge in [-0.2, -0.15) is 0 Å². The van der Waals surface area contributed by atoms with E-state index >= 15 is 0 Å². The van der Waals surface area contributed by atoms with Crippen LogP contribution in [0, 0.1) is 17.6 Å². The Kier molecular flexibility index (Phi) is 17.1. The SMILES string of the molecule is CCOc1cc(C(=O)N(CC(=O)OC)CC(=O)OC)cc(-c2ccc(C(=O)NCNC(=O)[C@H](CCc3ccc(F)cc3F)[C@@H](CC)N(C=O)OCc3ccccc3)o2)c1. The summed E-state index contributed by atoms with van der Waals surface area (Å²) in [6, 6.07) is 18.7. The van der Waals surface area contributed by atoms with E-state index in [9.17, 15) is 37.5 Å². The predicted molar refractivity (Wildman–Crippen MR) is 207 cm³/mol. The van der Waals surface area contributed by atoms with Crippen LogP contribution in [0.15, 0.2) is 83.3 Å². The number of benzene rings is 3. The fraction of sp³-hybridized carbons (Fsp3) is 0.333. The molecule has 2 N–H and O–H groups in total. The van der Waals surface area contributed by atoms with E-state index in [0.29, 0.717) is 12.0 Å². The van der Waals surface area contributed by atoms with E-state index in [4.69, 9.17) is 14.0 Å². The normalized spacial score (nSPS) is 11.8. The number of nitrogens with zero attached hydrogens (tertiary/aromatic N) is 2. The summed E-state index contributed by atoms with van der Waals surface area (Å²) in [5.41, 5.74) is 1.31. The van der Waals surface area contributed by atoms with Crippen LogP contribution in [0.2, 0.25) is 0 Å². The third-order valence-corrected chi connectivity index (χ3v) is 9.09. The third kappa shape index (κ3) is 12.9. The van der Waals surface area contributed by atoms with Crippen molar-refractivity contribution < 1.29 is 61.0 Å². The van der Waals surface area contributed by atoms with E-state index in [0.717, 1.165) is 41.9 Å². The number of aryl methyl sites for hydroxylation is 1. The van der Waals surface area contributed by atoms with Crippen molar-refractivity contribution in [3.8, 4) is 17.1 Å². The lowest BCUT2D eigenvalue weighted by atomic mass is 9.89. The fourth-order valence-corrected chi connectivity index (χ4v) is 6.09. The molecular weight excluding hydrogens is 774 g/mol. The average molecular weight is 821 g/mol. The van der Waals surface area contributed by atoms with Crippen LogP contribution in [0.3, 0.4) is 0 Å². The quantitative estimate of drug-likeness (QED) is 0.0480. The number of furan rings is 1. The van der Waals surface area contributed by atoms with Crippen molar-refractivity contribution in [2.45, 2.75) is 45.8 Å². The van der Waals surface area contributed by atoms with Crippen LogP contribution < -0.4 is 15.4 Å². The summed E-state index contributed by atoms with van der Waals surface area (Å²) in [4.78, 5) is 83.6. The number of rotatable bonds is 22. The lowest BCUT2D eigenvalue weighted by Gasteiger charge is -2.32. The van der Waals surface area contributed by atoms with E-state index in [1.54, 1.807) is 19.9 Å². The van der Waals surface area contributed by atoms with E-state index in [-0.39, 0.29) is 67.5 Å². The highest BCUT2D eigenvalue weighted by molar-refractivity contribution is 5.99. The summed E-state index contributed by atoms with van der Waals surface area (Å²) >= 11 is 0. The van der Waals surface area contributed by atoms with Crippen molar-refractivity contribution in [1.82, 2.24) is 20.6 Å². The Bertz CT molecular complexity index is 2060. The topological polar surface area (TPSA) is 183 Å². The standard InChI is InChI=1S/C42H46F2N4O11/c1-5-35(48(26-49)58-24-27-10-8-7-9-11-27)33(15-13-28-12-14-31(43)21-34(28)44)40(52)45-25-46-41(53)37-17-16-36(59-37)29-18-30(20-32(19-29)57-6-2)42(54)47(22-38(50)55-3)23-39(51)56-4/h7-12,14,16-21,26,33,35H,5-6,13,15,22-25H2,1-4H3,(H,45,52)(H,46,53)/t33-,35-/m1/s1. The summed E-state index contributed by atoms with van der Waals surface area (Å²) in [6.07, 6.45) is 0.803. The average Bonchev–Trinajstić information content (AvgIpc) is 3.74. The number of hydroxylamine groups is 2. The fourth-order valence-electron chi connectivity index (χ4n) is 6.09. The van der Waals surface area contributed by atoms with Gasteiger partial charge in [0, 0.05) is 17.2 Å². The molecule has 0 aliphatic rings. The first-order chi connectivity index (χ1) is 28.4. The molecule has 1 aromatic heterocycles. The Morgan fingerprint density at radius 1 is 0.864 bits per heavy atom. The van der Waals surface area contributed by atoms with Crippen molar-refractivity contribution in [3.05, 3.63) is 113 Å². The Labute approximate surface area is 339 Å². The first kappa shape index (κ1) is 45.1. The molecule has 0 fully saturated rings. The van der Waals surface area contributed by atoms with Crippen LogP contribution in [0.25, 0.3) is 11.3 Å². The highest BCUT2D eigenvalue weighted by atomic mass is 19.1. The maximum absolute atomic E-state index is 14.6. The van der Waals surface area contributed by atoms with Crippen molar-refractivity contribution in [2.75, 3.05) is 40.6 Å². The zero-order valence-electron chi connectivity index (χ0n) is 33.0. The van der Waals surface area contributed by atoms with Gasteiger partial charge < -0.3 is 34.2 Å². The highest BCUT2D eigenvalue weighted by Crippen LogP contribution is 2.29. The molecule has 0 saturated carbocycles. The summed E-state index contributed by atoms with van der Waals surface area (Å²) in [6.45, 7) is 2.32. The van der Waals surface area contributed by atoms with Gasteiger partial charge >= 0.3 is 11.9 Å². The van der Waals surface area contributed by atoms with Crippen LogP contribution in [-0.2, 0) is 46.5 Å². The summed E-state index contributed by atoms with van der Waals surface area (Å²) in [5.74, 6) is -5.75. The number of hydrogen-bond acceptors (Lipinski definition) is 11. The molecule has 4 aromatic rings. The van der Waals surface area contributed by atoms with Gasteiger partial charge in [-0.3, -0.25) is 33.6 Å². The lowest BCUT2D eigenvalue weighted by Crippen LogP contribution is -2.48. The van der Waals surface area contributed by atoms with Gasteiger partial charge in [0.1, 0.15) is 42.8 Å². The Morgan fingerprint density at radius 2 is 1.58 bits per heavy atom. The molecule has 17 heteroatoms. The van der Waals surface area contributed by atoms with Gasteiger partial charge in [-0.25, -0.2) is 13.8 Å². The van der Waals surface area contributed by atoms with E-state index in [1.807, 2.05) is 30.3 Å². The number of nitrogens with one attached hydrogen (secondary N) is 2. The number of methoxy groups -OCH3 is 2. The molecular formula is C42H46F2N4O11. The Hall–Kier alpha value is -6.62. The van der Waals surface area contributed by atoms with Crippen LogP contribution in [0.4, 0.5) is 8.78 Å². The number of carbonyl (C=O) groups excluding carboxylic acids is 6. The number of amides is 4. The minimum atomic E-state index is -0.955. The molecule has 4 amide bonds. The molecule has 59 heavy (non-hydrogen) atoms. The first-order valence-corrected chi connectivity index (χ1v) is 18.6. The number of carbonyl (C=O) groups is 6. The van der Waals surface area contributed by atoms with Gasteiger partial charge in [-0.05, 0) is 73.7 Å². The van der Waals surface area contributed by atoms with Gasteiger partial charge in [0.15, 0.2) is 5.76 Å². The molecule has 4 rings (SSSR count). The van der Waals surface area contributed by atoms with Gasteiger partial charge in [-0.15, -0.1) is 0 Å². The van der Waals surface area contributed by atoms with Crippen molar-refractivity contribution in [1.29, 1.82) is 0 Å². The number of hydrogen-bond donors (Lipinski definition) is 2. The molecule has 0 unspecified atom stereocenters. The third-order valence-electron chi connectivity index (χ3n) is 9.09. The maximum atomic E-state index is 14.6. The van der Waals surface area contributed by atoms with Crippen molar-refractivity contribution in [2.24, 2.45) is 5.92 Å². The molecule has 0 radical (unpaired) electrons. The second-order valence-electron chi connectivity index (χ2n) is 13.0. The lowest BCUT2D eigenvalue weighted by molar-refractivity contribution is -0.200. The summed E-state index contributed by atoms with van der Waals surface area (Å²) in [7, 11) is 2.28. The maximum Gasteiger partial charge on any atom is 0.325 e. The zero-order chi connectivity index (χ0) is 42.9. The van der Waals surface area contributed by atoms with Crippen molar-refractivity contribution in [3.63, 3.8) is 0 Å². The minimum absolute atomic E-state index is 0.0278. The smallest absolute Gasteiger partial charge is 0.325 e. The zero-order valence-corrected chi connectivity index (χ0v) is 33.0. The number of ether oxygens (including phenoxy) is 3. The first-order valence-electron chi connectivity index (χ1n) is 18.6. The second-order valence-corrected chi connectivity index (χ2v) is 13.0. The largest absolute Gasteiger partial charge is 0.494 e. The summed E-state index contributed by atoms with van der Waals surface area (Å²) in [5, 5.41) is 6.26. The molecule has 314 valence electrons. The highest BCUT2D eigenvalue weighted by Gasteiger charge is 2.33. The molecule has 0 bridgehead atoms. The predicted octanol–water partition coefficient (Wildman–Crippen LogP) is 4.83. The van der Waals surface area contributed by atoms with Crippen molar-refractivity contribution >= 4 is 36.1 Å². The Balaban J connectivity index is 1.49. The van der Waals surface area contributed by atoms with E-state index in [1.165, 1.54) is 30.3 Å². The van der Waals surface area contributed by atoms with Gasteiger partial charge in [0.05, 0.1) is 39.5 Å². The second kappa shape index (κ2) is 22.4. The minimum Gasteiger partial charge on any atom is -0.494 e. The van der Waals surface area contributed by atoms with Gasteiger partial charge in [0.2, 0.25) is 12.3 Å². The molecule has 1 heterocycles. The molecule has 0 saturated heterocycles. The molecule has 2 atom stereocenters. The Morgan fingerprint density at radius 3 is 2.20 bits per heavy atom. The number of esters is 2. The molecule has 0 aliphatic carbocycles. The van der Waals surface area contributed by atoms with Gasteiger partial charge in [0.25, 0.3) is 11.8 Å². The monoisotopic (exact) mass is 820 g/mol. The summed E-state index contributed by atoms with van der Waals surface area (Å²) < 4.78 is 49.0. The van der Waals surface area contributed by atoms with E-state index < -0.39 is 66.3 Å². The van der Waals surface area contributed by atoms with Crippen LogP contribution in [0.1, 0.15) is 58.7 Å². The van der Waals surface area contributed by atoms with Gasteiger partial charge in [-0.1, -0.05) is 43.3 Å². The number of halogens is 2. The molecule has 0 aliphatic heterocycles. The van der Waals surface area contributed by atoms with Crippen LogP contribution in [-0.4, -0.2) is 92.7 Å².